The van der Waals surface area contributed by atoms with Crippen molar-refractivity contribution in [1.29, 1.82) is 0 Å². The zero-order valence-corrected chi connectivity index (χ0v) is 14.6. The molecule has 1 unspecified atom stereocenters. The Morgan fingerprint density at radius 2 is 1.76 bits per heavy atom. The summed E-state index contributed by atoms with van der Waals surface area (Å²) in [5, 5.41) is 12.6. The van der Waals surface area contributed by atoms with Gasteiger partial charge >= 0.3 is 0 Å². The molecule has 0 aliphatic carbocycles. The molecule has 1 N–H and O–H groups in total. The Hall–Kier alpha value is -1.19. The molecule has 21 heavy (non-hydrogen) atoms. The molecule has 0 fully saturated rings. The summed E-state index contributed by atoms with van der Waals surface area (Å²) in [6.45, 7) is 12.9. The van der Waals surface area contributed by atoms with Crippen LogP contribution in [0.15, 0.2) is 17.5 Å². The third-order valence-electron chi connectivity index (χ3n) is 3.89. The molecule has 0 saturated carbocycles. The van der Waals surface area contributed by atoms with Crippen molar-refractivity contribution in [1.82, 2.24) is 4.98 Å². The smallest absolute Gasteiger partial charge is 0.0973 e. The Balaban J connectivity index is 2.32. The second-order valence-corrected chi connectivity index (χ2v) is 7.80. The van der Waals surface area contributed by atoms with Crippen molar-refractivity contribution in [2.45, 2.75) is 59.5 Å². The Labute approximate surface area is 131 Å². The van der Waals surface area contributed by atoms with Crippen LogP contribution < -0.4 is 0 Å². The summed E-state index contributed by atoms with van der Waals surface area (Å²) in [6, 6.07) is 4.59. The summed E-state index contributed by atoms with van der Waals surface area (Å²) >= 11 is 1.63. The lowest BCUT2D eigenvalue weighted by Crippen LogP contribution is -2.12. The van der Waals surface area contributed by atoms with Crippen molar-refractivity contribution < 1.29 is 5.11 Å². The highest BCUT2D eigenvalue weighted by Gasteiger charge is 2.17. The number of aliphatic hydroxyl groups excluding tert-OH is 1. The van der Waals surface area contributed by atoms with Crippen molar-refractivity contribution >= 4 is 11.3 Å². The zero-order chi connectivity index (χ0) is 15.8. The molecule has 1 aromatic heterocycles. The van der Waals surface area contributed by atoms with Crippen LogP contribution in [-0.4, -0.2) is 10.1 Å². The van der Waals surface area contributed by atoms with Crippen molar-refractivity contribution in [2.24, 2.45) is 0 Å². The first-order valence-electron chi connectivity index (χ1n) is 7.41. The lowest BCUT2D eigenvalue weighted by Gasteiger charge is -2.22. The fourth-order valence-corrected chi connectivity index (χ4v) is 3.35. The Morgan fingerprint density at radius 1 is 1.19 bits per heavy atom. The first-order valence-corrected chi connectivity index (χ1v) is 8.29. The van der Waals surface area contributed by atoms with E-state index in [9.17, 15) is 5.11 Å². The number of aryl methyl sites for hydroxylation is 2. The Morgan fingerprint density at radius 3 is 2.19 bits per heavy atom. The van der Waals surface area contributed by atoms with Crippen LogP contribution in [0.25, 0.3) is 0 Å². The summed E-state index contributed by atoms with van der Waals surface area (Å²) in [4.78, 5) is 4.53. The third kappa shape index (κ3) is 3.72. The van der Waals surface area contributed by atoms with E-state index in [1.54, 1.807) is 18.3 Å². The number of thiazole rings is 1. The fraction of sp³-hybridized carbons (Fsp3) is 0.500. The van der Waals surface area contributed by atoms with Crippen LogP contribution in [0.5, 0.6) is 0 Å². The molecule has 0 bridgehead atoms. The van der Waals surface area contributed by atoms with Gasteiger partial charge in [0.05, 0.1) is 16.8 Å². The average molecular weight is 303 g/mol. The van der Waals surface area contributed by atoms with Gasteiger partial charge in [-0.15, -0.1) is 11.3 Å². The number of nitrogens with zero attached hydrogens (tertiary/aromatic N) is 1. The molecule has 2 rings (SSSR count). The van der Waals surface area contributed by atoms with E-state index >= 15 is 0 Å². The Bertz CT molecular complexity index is 612. The maximum absolute atomic E-state index is 9.58. The van der Waals surface area contributed by atoms with Crippen LogP contribution in [0.1, 0.15) is 66.8 Å². The van der Waals surface area contributed by atoms with Gasteiger partial charge in [0.15, 0.2) is 0 Å². The monoisotopic (exact) mass is 303 g/mol. The lowest BCUT2D eigenvalue weighted by atomic mass is 9.83. The lowest BCUT2D eigenvalue weighted by molar-refractivity contribution is 0.195. The van der Waals surface area contributed by atoms with Crippen LogP contribution in [0.4, 0.5) is 0 Å². The topological polar surface area (TPSA) is 33.1 Å². The molecule has 0 amide bonds. The van der Waals surface area contributed by atoms with Crippen molar-refractivity contribution in [3.05, 3.63) is 50.5 Å². The molecule has 1 heterocycles. The standard InChI is InChI=1S/C18H25NOS/c1-11-7-14(18(4,5)6)8-12(2)15(11)9-17-19-16(10-21-17)13(3)20/h7-8,10,13,20H,9H2,1-6H3. The first kappa shape index (κ1) is 16.2. The van der Waals surface area contributed by atoms with Crippen LogP contribution in [0.2, 0.25) is 0 Å². The second kappa shape index (κ2) is 5.90. The van der Waals surface area contributed by atoms with Crippen LogP contribution >= 0.6 is 11.3 Å². The van der Waals surface area contributed by atoms with Gasteiger partial charge in [-0.2, -0.15) is 0 Å². The number of benzene rings is 1. The van der Waals surface area contributed by atoms with Gasteiger partial charge in [-0.25, -0.2) is 4.98 Å². The minimum Gasteiger partial charge on any atom is -0.387 e. The summed E-state index contributed by atoms with van der Waals surface area (Å²) in [5.74, 6) is 0. The summed E-state index contributed by atoms with van der Waals surface area (Å²) in [5.41, 5.74) is 6.34. The predicted octanol–water partition coefficient (Wildman–Crippen LogP) is 4.70. The maximum atomic E-state index is 9.58. The summed E-state index contributed by atoms with van der Waals surface area (Å²) in [6.07, 6.45) is 0.361. The van der Waals surface area contributed by atoms with E-state index in [1.165, 1.54) is 22.3 Å². The molecule has 114 valence electrons. The van der Waals surface area contributed by atoms with Crippen molar-refractivity contribution in [2.75, 3.05) is 0 Å². The maximum Gasteiger partial charge on any atom is 0.0973 e. The van der Waals surface area contributed by atoms with Gasteiger partial charge in [0.1, 0.15) is 0 Å². The molecular formula is C18H25NOS. The van der Waals surface area contributed by atoms with E-state index in [-0.39, 0.29) is 5.41 Å². The highest BCUT2D eigenvalue weighted by molar-refractivity contribution is 7.09. The largest absolute Gasteiger partial charge is 0.387 e. The van der Waals surface area contributed by atoms with Gasteiger partial charge in [0, 0.05) is 11.8 Å². The minimum atomic E-state index is -0.486. The van der Waals surface area contributed by atoms with Crippen molar-refractivity contribution in [3.8, 4) is 0 Å². The van der Waals surface area contributed by atoms with Gasteiger partial charge in [-0.3, -0.25) is 0 Å². The van der Waals surface area contributed by atoms with E-state index in [0.717, 1.165) is 17.1 Å². The zero-order valence-electron chi connectivity index (χ0n) is 13.8. The number of rotatable bonds is 3. The van der Waals surface area contributed by atoms with Crippen molar-refractivity contribution in [3.63, 3.8) is 0 Å². The fourth-order valence-electron chi connectivity index (χ4n) is 2.45. The molecule has 0 aliphatic rings. The highest BCUT2D eigenvalue weighted by atomic mass is 32.1. The van der Waals surface area contributed by atoms with Gasteiger partial charge in [-0.1, -0.05) is 32.9 Å². The normalized spacial score (nSPS) is 13.5. The molecule has 0 saturated heterocycles. The highest BCUT2D eigenvalue weighted by Crippen LogP contribution is 2.29. The van der Waals surface area contributed by atoms with Gasteiger partial charge in [0.2, 0.25) is 0 Å². The molecule has 3 heteroatoms. The van der Waals surface area contributed by atoms with Crippen LogP contribution in [0, 0.1) is 13.8 Å². The van der Waals surface area contributed by atoms with E-state index in [2.05, 4.69) is 51.7 Å². The number of aromatic nitrogens is 1. The molecule has 1 aromatic carbocycles. The van der Waals surface area contributed by atoms with E-state index < -0.39 is 6.10 Å². The average Bonchev–Trinajstić information content (AvgIpc) is 2.81. The number of hydrogen-bond donors (Lipinski definition) is 1. The molecule has 0 aliphatic heterocycles. The molecular weight excluding hydrogens is 278 g/mol. The van der Waals surface area contributed by atoms with Gasteiger partial charge in [0.25, 0.3) is 0 Å². The first-order chi connectivity index (χ1) is 9.68. The third-order valence-corrected chi connectivity index (χ3v) is 4.75. The van der Waals surface area contributed by atoms with Gasteiger partial charge < -0.3 is 5.11 Å². The SMILES string of the molecule is Cc1cc(C(C)(C)C)cc(C)c1Cc1nc(C(C)O)cs1. The Kier molecular flexibility index (Phi) is 4.54. The van der Waals surface area contributed by atoms with E-state index in [4.69, 9.17) is 0 Å². The van der Waals surface area contributed by atoms with Crippen LogP contribution in [-0.2, 0) is 11.8 Å². The molecule has 1 atom stereocenters. The quantitative estimate of drug-likeness (QED) is 0.891. The van der Waals surface area contributed by atoms with Crippen LogP contribution in [0.3, 0.4) is 0 Å². The number of aliphatic hydroxyl groups is 1. The summed E-state index contributed by atoms with van der Waals surface area (Å²) < 4.78 is 0. The molecule has 0 radical (unpaired) electrons. The predicted molar refractivity (Wildman–Crippen MR) is 90.2 cm³/mol. The second-order valence-electron chi connectivity index (χ2n) is 6.86. The summed E-state index contributed by atoms with van der Waals surface area (Å²) in [7, 11) is 0. The molecule has 2 aromatic rings. The van der Waals surface area contributed by atoms with E-state index in [1.807, 2.05) is 5.38 Å². The van der Waals surface area contributed by atoms with Gasteiger partial charge in [-0.05, 0) is 48.4 Å². The van der Waals surface area contributed by atoms with E-state index in [0.29, 0.717) is 0 Å². The number of hydrogen-bond acceptors (Lipinski definition) is 3. The minimum absolute atomic E-state index is 0.175. The molecule has 0 spiro atoms. The molecule has 2 nitrogen and oxygen atoms in total.